The van der Waals surface area contributed by atoms with Crippen molar-refractivity contribution in [3.05, 3.63) is 89.2 Å². The van der Waals surface area contributed by atoms with Gasteiger partial charge in [0, 0.05) is 43.3 Å². The second-order valence-electron chi connectivity index (χ2n) is 6.63. The zero-order valence-corrected chi connectivity index (χ0v) is 20.2. The third-order valence-corrected chi connectivity index (χ3v) is 6.84. The Kier molecular flexibility index (Phi) is 10.6. The molecule has 0 saturated heterocycles. The SMILES string of the molecule is CN(CC(N)c1ccc(C(=O)Nc2ccncc2)cc1)S(=O)(=O)c1ccccc1Cl.Cl.Cl. The van der Waals surface area contributed by atoms with Crippen molar-refractivity contribution in [3.8, 4) is 0 Å². The van der Waals surface area contributed by atoms with E-state index in [1.807, 2.05) is 0 Å². The molecule has 1 atom stereocenters. The summed E-state index contributed by atoms with van der Waals surface area (Å²) in [6, 6.07) is 15.8. The summed E-state index contributed by atoms with van der Waals surface area (Å²) in [6.45, 7) is 0.0517. The van der Waals surface area contributed by atoms with E-state index in [9.17, 15) is 13.2 Å². The number of nitrogens with zero attached hydrogens (tertiary/aromatic N) is 2. The predicted octanol–water partition coefficient (Wildman–Crippen LogP) is 4.15. The van der Waals surface area contributed by atoms with Gasteiger partial charge in [-0.2, -0.15) is 4.31 Å². The molecule has 11 heteroatoms. The first kappa shape index (κ1) is 27.8. The predicted molar refractivity (Wildman–Crippen MR) is 131 cm³/mol. The van der Waals surface area contributed by atoms with E-state index in [-0.39, 0.29) is 47.2 Å². The van der Waals surface area contributed by atoms with Crippen LogP contribution in [0.15, 0.2) is 78.0 Å². The van der Waals surface area contributed by atoms with Crippen LogP contribution in [0.25, 0.3) is 0 Å². The van der Waals surface area contributed by atoms with Gasteiger partial charge in [-0.25, -0.2) is 8.42 Å². The molecule has 1 heterocycles. The van der Waals surface area contributed by atoms with Crippen molar-refractivity contribution < 1.29 is 13.2 Å². The number of hydrogen-bond acceptors (Lipinski definition) is 5. The number of nitrogens with two attached hydrogens (primary N) is 1. The summed E-state index contributed by atoms with van der Waals surface area (Å²) in [5, 5.41) is 2.93. The third-order valence-electron chi connectivity index (χ3n) is 4.52. The molecule has 0 bridgehead atoms. The van der Waals surface area contributed by atoms with Crippen LogP contribution in [0.3, 0.4) is 0 Å². The van der Waals surface area contributed by atoms with Crippen molar-refractivity contribution in [2.24, 2.45) is 5.73 Å². The first-order valence-electron chi connectivity index (χ1n) is 9.07. The highest BCUT2D eigenvalue weighted by atomic mass is 35.5. The number of benzene rings is 2. The van der Waals surface area contributed by atoms with Gasteiger partial charge in [-0.05, 0) is 42.0 Å². The molecule has 3 N–H and O–H groups in total. The lowest BCUT2D eigenvalue weighted by Gasteiger charge is -2.22. The maximum absolute atomic E-state index is 12.8. The van der Waals surface area contributed by atoms with Gasteiger partial charge in [-0.3, -0.25) is 9.78 Å². The molecule has 172 valence electrons. The number of likely N-dealkylation sites (N-methyl/N-ethyl adjacent to an activating group) is 1. The maximum atomic E-state index is 12.8. The van der Waals surface area contributed by atoms with Crippen molar-refractivity contribution in [1.82, 2.24) is 9.29 Å². The fourth-order valence-corrected chi connectivity index (χ4v) is 4.51. The summed E-state index contributed by atoms with van der Waals surface area (Å²) in [5.74, 6) is -0.264. The molecule has 1 amide bonds. The average molecular weight is 518 g/mol. The van der Waals surface area contributed by atoms with Crippen LogP contribution in [0.4, 0.5) is 5.69 Å². The fraction of sp³-hybridized carbons (Fsp3) is 0.143. The van der Waals surface area contributed by atoms with Gasteiger partial charge in [-0.15, -0.1) is 24.8 Å². The number of pyridine rings is 1. The standard InChI is InChI=1S/C21H21ClN4O3S.2ClH/c1-26(30(28,29)20-5-3-2-4-18(20)22)14-19(23)15-6-8-16(9-7-15)21(27)25-17-10-12-24-13-11-17;;/h2-13,19H,14,23H2,1H3,(H,24,25,27);2*1H. The quantitative estimate of drug-likeness (QED) is 0.490. The molecule has 3 aromatic rings. The van der Waals surface area contributed by atoms with Gasteiger partial charge in [0.25, 0.3) is 5.91 Å². The number of aromatic nitrogens is 1. The van der Waals surface area contributed by atoms with Crippen LogP contribution in [0.5, 0.6) is 0 Å². The van der Waals surface area contributed by atoms with Gasteiger partial charge in [0.05, 0.1) is 5.02 Å². The molecule has 0 fully saturated rings. The van der Waals surface area contributed by atoms with Crippen molar-refractivity contribution >= 4 is 58.0 Å². The van der Waals surface area contributed by atoms with E-state index >= 15 is 0 Å². The highest BCUT2D eigenvalue weighted by molar-refractivity contribution is 7.89. The lowest BCUT2D eigenvalue weighted by atomic mass is 10.1. The first-order chi connectivity index (χ1) is 14.3. The molecular weight excluding hydrogens is 495 g/mol. The number of halogens is 3. The van der Waals surface area contributed by atoms with Gasteiger partial charge < -0.3 is 11.1 Å². The molecule has 0 spiro atoms. The van der Waals surface area contributed by atoms with Gasteiger partial charge in [0.1, 0.15) is 4.90 Å². The van der Waals surface area contributed by atoms with Gasteiger partial charge in [0.15, 0.2) is 0 Å². The minimum Gasteiger partial charge on any atom is -0.323 e. The van der Waals surface area contributed by atoms with E-state index < -0.39 is 16.1 Å². The van der Waals surface area contributed by atoms with Crippen LogP contribution in [0, 0.1) is 0 Å². The Morgan fingerprint density at radius 2 is 1.66 bits per heavy atom. The molecule has 0 saturated carbocycles. The molecule has 0 aliphatic carbocycles. The third kappa shape index (κ3) is 6.65. The molecule has 7 nitrogen and oxygen atoms in total. The number of nitrogens with one attached hydrogen (secondary N) is 1. The summed E-state index contributed by atoms with van der Waals surface area (Å²) < 4.78 is 26.7. The topological polar surface area (TPSA) is 105 Å². The molecule has 1 unspecified atom stereocenters. The Hall–Kier alpha value is -2.20. The van der Waals surface area contributed by atoms with E-state index in [0.29, 0.717) is 16.8 Å². The van der Waals surface area contributed by atoms with Crippen molar-refractivity contribution in [3.63, 3.8) is 0 Å². The fourth-order valence-electron chi connectivity index (χ4n) is 2.82. The normalized spacial score (nSPS) is 11.8. The van der Waals surface area contributed by atoms with Crippen LogP contribution in [-0.4, -0.2) is 37.2 Å². The van der Waals surface area contributed by atoms with Crippen molar-refractivity contribution in [1.29, 1.82) is 0 Å². The summed E-state index contributed by atoms with van der Waals surface area (Å²) >= 11 is 6.03. The highest BCUT2D eigenvalue weighted by Crippen LogP contribution is 2.24. The minimum atomic E-state index is -3.78. The summed E-state index contributed by atoms with van der Waals surface area (Å²) in [7, 11) is -2.32. The number of sulfonamides is 1. The van der Waals surface area contributed by atoms with E-state index in [0.717, 1.165) is 0 Å². The zero-order valence-electron chi connectivity index (χ0n) is 17.0. The highest BCUT2D eigenvalue weighted by Gasteiger charge is 2.25. The second-order valence-corrected chi connectivity index (χ2v) is 9.05. The summed E-state index contributed by atoms with van der Waals surface area (Å²) in [5.41, 5.74) is 8.02. The summed E-state index contributed by atoms with van der Waals surface area (Å²) in [4.78, 5) is 16.3. The van der Waals surface area contributed by atoms with E-state index in [4.69, 9.17) is 17.3 Å². The number of carbonyl (C=O) groups is 1. The Morgan fingerprint density at radius 1 is 1.06 bits per heavy atom. The number of anilines is 1. The van der Waals surface area contributed by atoms with Crippen LogP contribution >= 0.6 is 36.4 Å². The first-order valence-corrected chi connectivity index (χ1v) is 10.9. The minimum absolute atomic E-state index is 0. The van der Waals surface area contributed by atoms with E-state index in [1.54, 1.807) is 60.9 Å². The monoisotopic (exact) mass is 516 g/mol. The van der Waals surface area contributed by atoms with E-state index in [1.165, 1.54) is 23.5 Å². The Bertz CT molecular complexity index is 1130. The molecule has 0 radical (unpaired) electrons. The molecule has 0 aliphatic rings. The van der Waals surface area contributed by atoms with Crippen LogP contribution in [-0.2, 0) is 10.0 Å². The Morgan fingerprint density at radius 3 is 2.25 bits per heavy atom. The Balaban J connectivity index is 0.00000256. The van der Waals surface area contributed by atoms with Crippen LogP contribution < -0.4 is 11.1 Å². The largest absolute Gasteiger partial charge is 0.323 e. The molecule has 3 rings (SSSR count). The number of carbonyl (C=O) groups excluding carboxylic acids is 1. The lowest BCUT2D eigenvalue weighted by molar-refractivity contribution is 0.102. The second kappa shape index (κ2) is 12.2. The molecule has 1 aromatic heterocycles. The maximum Gasteiger partial charge on any atom is 0.255 e. The summed E-state index contributed by atoms with van der Waals surface area (Å²) in [6.07, 6.45) is 3.18. The van der Waals surface area contributed by atoms with E-state index in [2.05, 4.69) is 10.3 Å². The lowest BCUT2D eigenvalue weighted by Crippen LogP contribution is -2.34. The average Bonchev–Trinajstić information content (AvgIpc) is 2.74. The Labute approximate surface area is 204 Å². The van der Waals surface area contributed by atoms with Gasteiger partial charge >= 0.3 is 0 Å². The molecule has 0 aliphatic heterocycles. The number of amides is 1. The van der Waals surface area contributed by atoms with Gasteiger partial charge in [-0.1, -0.05) is 35.9 Å². The molecule has 2 aromatic carbocycles. The van der Waals surface area contributed by atoms with Crippen LogP contribution in [0.1, 0.15) is 22.0 Å². The molecule has 32 heavy (non-hydrogen) atoms. The molecular formula is C21H23Cl3N4O3S. The van der Waals surface area contributed by atoms with Crippen LogP contribution in [0.2, 0.25) is 5.02 Å². The number of hydrogen-bond donors (Lipinski definition) is 2. The van der Waals surface area contributed by atoms with Gasteiger partial charge in [0.2, 0.25) is 10.0 Å². The zero-order chi connectivity index (χ0) is 21.7. The number of rotatable bonds is 7. The van der Waals surface area contributed by atoms with Crippen molar-refractivity contribution in [2.45, 2.75) is 10.9 Å². The smallest absolute Gasteiger partial charge is 0.255 e. The van der Waals surface area contributed by atoms with Crippen molar-refractivity contribution in [2.75, 3.05) is 18.9 Å².